The molecular formula is C22H27N5O2S2. The van der Waals surface area contributed by atoms with Gasteiger partial charge in [0.15, 0.2) is 5.13 Å². The maximum absolute atomic E-state index is 13.0. The van der Waals surface area contributed by atoms with Crippen LogP contribution in [0, 0.1) is 0 Å². The number of hydrogen-bond acceptors (Lipinski definition) is 7. The number of anilines is 1. The molecule has 2 aliphatic rings. The number of nitrogens with one attached hydrogen (secondary N) is 1. The minimum absolute atomic E-state index is 0.0183. The van der Waals surface area contributed by atoms with Gasteiger partial charge in [-0.05, 0) is 57.2 Å². The molecule has 0 spiro atoms. The Labute approximate surface area is 189 Å². The zero-order valence-corrected chi connectivity index (χ0v) is 19.2. The lowest BCUT2D eigenvalue weighted by Crippen LogP contribution is -2.29. The Morgan fingerprint density at radius 2 is 1.97 bits per heavy atom. The minimum Gasteiger partial charge on any atom is -0.302 e. The monoisotopic (exact) mass is 457 g/mol. The van der Waals surface area contributed by atoms with Gasteiger partial charge in [0.25, 0.3) is 5.56 Å². The third-order valence-electron chi connectivity index (χ3n) is 6.15. The van der Waals surface area contributed by atoms with E-state index in [-0.39, 0.29) is 17.9 Å². The molecule has 0 bridgehead atoms. The molecule has 1 N–H and O–H groups in total. The van der Waals surface area contributed by atoms with Crippen molar-refractivity contribution in [1.82, 2.24) is 19.4 Å². The first-order valence-corrected chi connectivity index (χ1v) is 12.8. The van der Waals surface area contributed by atoms with E-state index in [1.807, 2.05) is 5.38 Å². The number of carbonyl (C=O) groups is 1. The van der Waals surface area contributed by atoms with Crippen LogP contribution in [0.5, 0.6) is 0 Å². The van der Waals surface area contributed by atoms with Crippen LogP contribution in [-0.4, -0.2) is 38.4 Å². The number of thiophene rings is 1. The fourth-order valence-corrected chi connectivity index (χ4v) is 6.46. The Morgan fingerprint density at radius 3 is 2.84 bits per heavy atom. The first-order valence-electron chi connectivity index (χ1n) is 11.1. The van der Waals surface area contributed by atoms with Gasteiger partial charge in [0.1, 0.15) is 4.83 Å². The van der Waals surface area contributed by atoms with Gasteiger partial charge in [-0.25, -0.2) is 9.97 Å². The summed E-state index contributed by atoms with van der Waals surface area (Å²) in [5.41, 5.74) is 2.18. The van der Waals surface area contributed by atoms with E-state index < -0.39 is 0 Å². The molecule has 9 heteroatoms. The first kappa shape index (κ1) is 20.8. The van der Waals surface area contributed by atoms with Gasteiger partial charge in [0.05, 0.1) is 17.4 Å². The third-order valence-corrected chi connectivity index (χ3v) is 8.16. The topological polar surface area (TPSA) is 80.1 Å². The summed E-state index contributed by atoms with van der Waals surface area (Å²) in [5, 5.41) is 6.31. The second kappa shape index (κ2) is 9.18. The van der Waals surface area contributed by atoms with Gasteiger partial charge in [-0.1, -0.05) is 6.42 Å². The molecular weight excluding hydrogens is 430 g/mol. The molecule has 1 saturated heterocycles. The number of hydrogen-bond donors (Lipinski definition) is 1. The van der Waals surface area contributed by atoms with E-state index in [1.54, 1.807) is 22.2 Å². The Bertz CT molecular complexity index is 1140. The normalized spacial score (nSPS) is 17.0. The van der Waals surface area contributed by atoms with Crippen LogP contribution < -0.4 is 10.9 Å². The molecule has 31 heavy (non-hydrogen) atoms. The number of thiazole rings is 1. The highest BCUT2D eigenvalue weighted by Crippen LogP contribution is 2.33. The van der Waals surface area contributed by atoms with Crippen molar-refractivity contribution in [3.8, 4) is 0 Å². The molecule has 1 fully saturated rings. The third kappa shape index (κ3) is 4.58. The summed E-state index contributed by atoms with van der Waals surface area (Å²) in [4.78, 5) is 39.1. The highest BCUT2D eigenvalue weighted by molar-refractivity contribution is 7.18. The number of aromatic nitrogens is 3. The average Bonchev–Trinajstić information content (AvgIpc) is 3.38. The van der Waals surface area contributed by atoms with Crippen molar-refractivity contribution in [3.63, 3.8) is 0 Å². The molecule has 3 aromatic heterocycles. The van der Waals surface area contributed by atoms with Crippen molar-refractivity contribution in [2.45, 2.75) is 64.5 Å². The van der Waals surface area contributed by atoms with Crippen molar-refractivity contribution in [2.75, 3.05) is 18.4 Å². The predicted octanol–water partition coefficient (Wildman–Crippen LogP) is 3.81. The number of fused-ring (bicyclic) bond motifs is 3. The zero-order chi connectivity index (χ0) is 21.2. The molecule has 0 aromatic carbocycles. The van der Waals surface area contributed by atoms with Crippen molar-refractivity contribution in [3.05, 3.63) is 38.2 Å². The fraction of sp³-hybridized carbons (Fsp3) is 0.545. The summed E-state index contributed by atoms with van der Waals surface area (Å²) in [6, 6.07) is 0. The Hall–Kier alpha value is -2.10. The number of amides is 1. The van der Waals surface area contributed by atoms with E-state index in [9.17, 15) is 9.59 Å². The smallest absolute Gasteiger partial charge is 0.262 e. The molecule has 5 rings (SSSR count). The van der Waals surface area contributed by atoms with E-state index in [4.69, 9.17) is 0 Å². The summed E-state index contributed by atoms with van der Waals surface area (Å²) in [6.45, 7) is 3.42. The first-order chi connectivity index (χ1) is 15.2. The van der Waals surface area contributed by atoms with Crippen LogP contribution >= 0.6 is 22.7 Å². The lowest BCUT2D eigenvalue weighted by atomic mass is 9.97. The van der Waals surface area contributed by atoms with E-state index in [2.05, 4.69) is 20.2 Å². The summed E-state index contributed by atoms with van der Waals surface area (Å²) in [6.07, 6.45) is 9.94. The lowest BCUT2D eigenvalue weighted by molar-refractivity contribution is -0.116. The van der Waals surface area contributed by atoms with Gasteiger partial charge < -0.3 is 5.32 Å². The molecule has 0 unspecified atom stereocenters. The summed E-state index contributed by atoms with van der Waals surface area (Å²) in [7, 11) is 0. The van der Waals surface area contributed by atoms with Crippen molar-refractivity contribution < 1.29 is 4.79 Å². The van der Waals surface area contributed by atoms with Crippen LogP contribution in [0.4, 0.5) is 5.13 Å². The number of aryl methyl sites for hydroxylation is 3. The molecule has 7 nitrogen and oxygen atoms in total. The molecule has 1 aliphatic heterocycles. The minimum atomic E-state index is -0.127. The van der Waals surface area contributed by atoms with Gasteiger partial charge >= 0.3 is 0 Å². The largest absolute Gasteiger partial charge is 0.302 e. The van der Waals surface area contributed by atoms with Crippen LogP contribution in [0.2, 0.25) is 0 Å². The molecule has 0 radical (unpaired) electrons. The van der Waals surface area contributed by atoms with Crippen LogP contribution in [0.25, 0.3) is 10.2 Å². The van der Waals surface area contributed by atoms with E-state index >= 15 is 0 Å². The van der Waals surface area contributed by atoms with Crippen LogP contribution in [0.15, 0.2) is 16.5 Å². The second-order valence-electron chi connectivity index (χ2n) is 8.41. The maximum Gasteiger partial charge on any atom is 0.262 e. The Balaban J connectivity index is 1.20. The van der Waals surface area contributed by atoms with Gasteiger partial charge in [0.2, 0.25) is 5.91 Å². The fourth-order valence-electron chi connectivity index (χ4n) is 4.53. The predicted molar refractivity (Wildman–Crippen MR) is 125 cm³/mol. The van der Waals surface area contributed by atoms with Gasteiger partial charge in [-0.2, -0.15) is 0 Å². The zero-order valence-electron chi connectivity index (χ0n) is 17.6. The maximum atomic E-state index is 13.0. The van der Waals surface area contributed by atoms with Gasteiger partial charge in [-0.3, -0.25) is 19.1 Å². The van der Waals surface area contributed by atoms with Crippen molar-refractivity contribution in [2.24, 2.45) is 0 Å². The molecule has 1 aliphatic carbocycles. The molecule has 0 atom stereocenters. The van der Waals surface area contributed by atoms with Gasteiger partial charge in [0, 0.05) is 29.8 Å². The van der Waals surface area contributed by atoms with Crippen LogP contribution in [-0.2, 0) is 30.7 Å². The quantitative estimate of drug-likeness (QED) is 0.609. The van der Waals surface area contributed by atoms with E-state index in [0.29, 0.717) is 11.7 Å². The van der Waals surface area contributed by atoms with Crippen LogP contribution in [0.1, 0.15) is 54.7 Å². The van der Waals surface area contributed by atoms with Crippen molar-refractivity contribution in [1.29, 1.82) is 0 Å². The molecule has 1 amide bonds. The van der Waals surface area contributed by atoms with Gasteiger partial charge in [-0.15, -0.1) is 22.7 Å². The molecule has 3 aromatic rings. The SMILES string of the molecule is O=C(CCn1cnc2sc3c(c2c1=O)CCCC3)Nc1nc(CN2CCCCC2)cs1. The van der Waals surface area contributed by atoms with E-state index in [0.717, 1.165) is 54.8 Å². The average molecular weight is 458 g/mol. The molecule has 4 heterocycles. The Kier molecular flexibility index (Phi) is 6.15. The molecule has 164 valence electrons. The van der Waals surface area contributed by atoms with E-state index in [1.165, 1.54) is 47.5 Å². The second-order valence-corrected chi connectivity index (χ2v) is 10.4. The summed E-state index contributed by atoms with van der Waals surface area (Å²) in [5.74, 6) is -0.127. The highest BCUT2D eigenvalue weighted by atomic mass is 32.1. The number of likely N-dealkylation sites (tertiary alicyclic amines) is 1. The van der Waals surface area contributed by atoms with Crippen molar-refractivity contribution >= 4 is 43.9 Å². The number of piperidine rings is 1. The number of nitrogens with zero attached hydrogens (tertiary/aromatic N) is 4. The molecule has 0 saturated carbocycles. The number of rotatable bonds is 6. The highest BCUT2D eigenvalue weighted by Gasteiger charge is 2.20. The standard InChI is InChI=1S/C22H27N5O2S2/c28-18(25-22-24-15(13-30-22)12-26-9-4-1-5-10-26)8-11-27-14-23-20-19(21(27)29)16-6-2-3-7-17(16)31-20/h13-14H,1-12H2,(H,24,25,28). The lowest BCUT2D eigenvalue weighted by Gasteiger charge is -2.25. The number of carbonyl (C=O) groups excluding carboxylic acids is 1. The summed E-state index contributed by atoms with van der Waals surface area (Å²) >= 11 is 3.11. The van der Waals surface area contributed by atoms with Crippen LogP contribution in [0.3, 0.4) is 0 Å². The summed E-state index contributed by atoms with van der Waals surface area (Å²) < 4.78 is 1.58. The Morgan fingerprint density at radius 1 is 1.13 bits per heavy atom.